The Bertz CT molecular complexity index is 140. The molecule has 0 aliphatic carbocycles. The molecule has 1 N–H and O–H groups in total. The maximum absolute atomic E-state index is 5.43. The minimum absolute atomic E-state index is 0.666. The third kappa shape index (κ3) is 10.4. The lowest BCUT2D eigenvalue weighted by Crippen LogP contribution is -2.26. The van der Waals surface area contributed by atoms with E-state index in [4.69, 9.17) is 9.47 Å². The molecule has 98 valence electrons. The van der Waals surface area contributed by atoms with Crippen LogP contribution >= 0.6 is 0 Å². The van der Waals surface area contributed by atoms with E-state index in [0.717, 1.165) is 25.6 Å². The van der Waals surface area contributed by atoms with Crippen LogP contribution in [0.15, 0.2) is 0 Å². The van der Waals surface area contributed by atoms with Gasteiger partial charge in [-0.2, -0.15) is 0 Å². The Labute approximate surface area is 101 Å². The molecule has 0 aromatic carbocycles. The van der Waals surface area contributed by atoms with Gasteiger partial charge in [0.2, 0.25) is 0 Å². The molecule has 0 radical (unpaired) electrons. The van der Waals surface area contributed by atoms with E-state index in [9.17, 15) is 0 Å². The summed E-state index contributed by atoms with van der Waals surface area (Å²) in [6.45, 7) is 6.84. The van der Waals surface area contributed by atoms with Crippen molar-refractivity contribution < 1.29 is 9.47 Å². The highest BCUT2D eigenvalue weighted by atomic mass is 16.5. The normalized spacial score (nSPS) is 13.3. The minimum Gasteiger partial charge on any atom is -0.382 e. The molecule has 0 aromatic rings. The Morgan fingerprint density at radius 1 is 1.06 bits per heavy atom. The quantitative estimate of drug-likeness (QED) is 0.554. The summed E-state index contributed by atoms with van der Waals surface area (Å²) in [4.78, 5) is 0. The summed E-state index contributed by atoms with van der Waals surface area (Å²) in [5, 5.41) is 3.38. The molecular weight excluding hydrogens is 202 g/mol. The standard InChI is InChI=1S/C13H29NO2/c1-12(2)11-13(14-3)7-5-6-8-16-10-9-15-4/h12-14H,5-11H2,1-4H3. The van der Waals surface area contributed by atoms with Gasteiger partial charge in [-0.1, -0.05) is 13.8 Å². The number of rotatable bonds is 11. The molecule has 0 aliphatic rings. The van der Waals surface area contributed by atoms with Gasteiger partial charge in [0.1, 0.15) is 0 Å². The second-order valence-electron chi connectivity index (χ2n) is 4.72. The van der Waals surface area contributed by atoms with Gasteiger partial charge in [0, 0.05) is 19.8 Å². The van der Waals surface area contributed by atoms with E-state index < -0.39 is 0 Å². The summed E-state index contributed by atoms with van der Waals surface area (Å²) >= 11 is 0. The monoisotopic (exact) mass is 231 g/mol. The molecule has 0 aromatic heterocycles. The Hall–Kier alpha value is -0.120. The first kappa shape index (κ1) is 15.9. The molecule has 0 bridgehead atoms. The molecule has 0 saturated carbocycles. The van der Waals surface area contributed by atoms with Crippen molar-refractivity contribution in [2.75, 3.05) is 34.0 Å². The van der Waals surface area contributed by atoms with Crippen LogP contribution in [0.25, 0.3) is 0 Å². The van der Waals surface area contributed by atoms with Gasteiger partial charge in [-0.25, -0.2) is 0 Å². The highest BCUT2D eigenvalue weighted by molar-refractivity contribution is 4.66. The van der Waals surface area contributed by atoms with Crippen LogP contribution in [0.2, 0.25) is 0 Å². The van der Waals surface area contributed by atoms with Crippen LogP contribution in [-0.2, 0) is 9.47 Å². The summed E-state index contributed by atoms with van der Waals surface area (Å²) in [5.74, 6) is 0.774. The lowest BCUT2D eigenvalue weighted by Gasteiger charge is -2.18. The summed E-state index contributed by atoms with van der Waals surface area (Å²) in [5.41, 5.74) is 0. The molecule has 0 fully saturated rings. The van der Waals surface area contributed by atoms with E-state index in [-0.39, 0.29) is 0 Å². The molecule has 0 aliphatic heterocycles. The van der Waals surface area contributed by atoms with E-state index >= 15 is 0 Å². The third-order valence-electron chi connectivity index (χ3n) is 2.69. The first-order valence-corrected chi connectivity index (χ1v) is 6.44. The van der Waals surface area contributed by atoms with Crippen molar-refractivity contribution in [3.63, 3.8) is 0 Å². The Balaban J connectivity index is 3.27. The molecule has 3 heteroatoms. The van der Waals surface area contributed by atoms with Crippen molar-refractivity contribution in [3.05, 3.63) is 0 Å². The minimum atomic E-state index is 0.666. The Morgan fingerprint density at radius 3 is 2.38 bits per heavy atom. The van der Waals surface area contributed by atoms with Crippen LogP contribution in [0.1, 0.15) is 39.5 Å². The van der Waals surface area contributed by atoms with Gasteiger partial charge in [0.15, 0.2) is 0 Å². The largest absolute Gasteiger partial charge is 0.382 e. The van der Waals surface area contributed by atoms with E-state index in [1.165, 1.54) is 19.3 Å². The molecule has 0 spiro atoms. The van der Waals surface area contributed by atoms with Crippen molar-refractivity contribution in [2.45, 2.75) is 45.6 Å². The van der Waals surface area contributed by atoms with Gasteiger partial charge < -0.3 is 14.8 Å². The van der Waals surface area contributed by atoms with Crippen LogP contribution in [0.5, 0.6) is 0 Å². The van der Waals surface area contributed by atoms with E-state index in [2.05, 4.69) is 26.2 Å². The molecule has 0 rings (SSSR count). The van der Waals surface area contributed by atoms with E-state index in [1.807, 2.05) is 0 Å². The van der Waals surface area contributed by atoms with Crippen LogP contribution in [0, 0.1) is 5.92 Å². The first-order valence-electron chi connectivity index (χ1n) is 6.44. The highest BCUT2D eigenvalue weighted by Crippen LogP contribution is 2.10. The van der Waals surface area contributed by atoms with E-state index in [0.29, 0.717) is 12.6 Å². The van der Waals surface area contributed by atoms with Crippen molar-refractivity contribution in [1.29, 1.82) is 0 Å². The Morgan fingerprint density at radius 2 is 1.81 bits per heavy atom. The number of methoxy groups -OCH3 is 1. The number of hydrogen-bond donors (Lipinski definition) is 1. The molecular formula is C13H29NO2. The van der Waals surface area contributed by atoms with Crippen LogP contribution in [0.4, 0.5) is 0 Å². The predicted molar refractivity (Wildman–Crippen MR) is 68.8 cm³/mol. The maximum Gasteiger partial charge on any atom is 0.0700 e. The zero-order chi connectivity index (χ0) is 12.2. The van der Waals surface area contributed by atoms with Crippen LogP contribution < -0.4 is 5.32 Å². The van der Waals surface area contributed by atoms with Crippen LogP contribution in [0.3, 0.4) is 0 Å². The topological polar surface area (TPSA) is 30.5 Å². The second-order valence-corrected chi connectivity index (χ2v) is 4.72. The molecule has 0 saturated heterocycles. The summed E-state index contributed by atoms with van der Waals surface area (Å²) in [6, 6.07) is 0.666. The second kappa shape index (κ2) is 11.4. The summed E-state index contributed by atoms with van der Waals surface area (Å²) in [7, 11) is 3.76. The molecule has 0 amide bonds. The maximum atomic E-state index is 5.43. The molecule has 0 heterocycles. The number of ether oxygens (including phenoxy) is 2. The number of hydrogen-bond acceptors (Lipinski definition) is 3. The average molecular weight is 231 g/mol. The zero-order valence-corrected chi connectivity index (χ0v) is 11.4. The van der Waals surface area contributed by atoms with Gasteiger partial charge in [-0.05, 0) is 38.6 Å². The summed E-state index contributed by atoms with van der Waals surface area (Å²) in [6.07, 6.45) is 4.91. The van der Waals surface area contributed by atoms with Crippen molar-refractivity contribution >= 4 is 0 Å². The summed E-state index contributed by atoms with van der Waals surface area (Å²) < 4.78 is 10.3. The highest BCUT2D eigenvalue weighted by Gasteiger charge is 2.07. The molecule has 16 heavy (non-hydrogen) atoms. The van der Waals surface area contributed by atoms with Crippen LogP contribution in [-0.4, -0.2) is 40.0 Å². The first-order chi connectivity index (χ1) is 7.70. The van der Waals surface area contributed by atoms with Gasteiger partial charge in [-0.15, -0.1) is 0 Å². The van der Waals surface area contributed by atoms with Gasteiger partial charge in [-0.3, -0.25) is 0 Å². The predicted octanol–water partition coefficient (Wildman–Crippen LogP) is 2.45. The van der Waals surface area contributed by atoms with Gasteiger partial charge in [0.25, 0.3) is 0 Å². The molecule has 1 unspecified atom stereocenters. The number of nitrogens with one attached hydrogen (secondary N) is 1. The number of unbranched alkanes of at least 4 members (excludes halogenated alkanes) is 1. The fraction of sp³-hybridized carbons (Fsp3) is 1.00. The smallest absolute Gasteiger partial charge is 0.0700 e. The van der Waals surface area contributed by atoms with Gasteiger partial charge in [0.05, 0.1) is 13.2 Å². The molecule has 1 atom stereocenters. The third-order valence-corrected chi connectivity index (χ3v) is 2.69. The SMILES string of the molecule is CNC(CCCCOCCOC)CC(C)C. The lowest BCUT2D eigenvalue weighted by molar-refractivity contribution is 0.0683. The molecule has 3 nitrogen and oxygen atoms in total. The average Bonchev–Trinajstić information content (AvgIpc) is 2.25. The Kier molecular flexibility index (Phi) is 11.3. The van der Waals surface area contributed by atoms with Crippen molar-refractivity contribution in [1.82, 2.24) is 5.32 Å². The van der Waals surface area contributed by atoms with E-state index in [1.54, 1.807) is 7.11 Å². The fourth-order valence-electron chi connectivity index (χ4n) is 1.79. The van der Waals surface area contributed by atoms with Crippen molar-refractivity contribution in [3.8, 4) is 0 Å². The van der Waals surface area contributed by atoms with Gasteiger partial charge >= 0.3 is 0 Å². The lowest BCUT2D eigenvalue weighted by atomic mass is 9.99. The fourth-order valence-corrected chi connectivity index (χ4v) is 1.79. The van der Waals surface area contributed by atoms with Crippen molar-refractivity contribution in [2.24, 2.45) is 5.92 Å². The zero-order valence-electron chi connectivity index (χ0n) is 11.4.